The third-order valence-corrected chi connectivity index (χ3v) is 1.92. The molecule has 0 aromatic heterocycles. The number of ether oxygens (including phenoxy) is 2. The SMILES string of the molecule is CCOC(=O)[C@@H](C(=O)[O-])[C@H](C(=O)[O-])C(=O)OCC. The number of esters is 2. The predicted molar refractivity (Wildman–Crippen MR) is 50.3 cm³/mol. The average Bonchev–Trinajstić information content (AvgIpc) is 2.24. The van der Waals surface area contributed by atoms with E-state index in [-0.39, 0.29) is 13.2 Å². The lowest BCUT2D eigenvalue weighted by atomic mass is 9.92. The van der Waals surface area contributed by atoms with Gasteiger partial charge in [0.1, 0.15) is 11.8 Å². The molecule has 0 heterocycles. The number of carboxylic acids is 2. The van der Waals surface area contributed by atoms with E-state index >= 15 is 0 Å². The van der Waals surface area contributed by atoms with Gasteiger partial charge in [-0.15, -0.1) is 0 Å². The van der Waals surface area contributed by atoms with Crippen molar-refractivity contribution in [3.05, 3.63) is 0 Å². The summed E-state index contributed by atoms with van der Waals surface area (Å²) in [5.41, 5.74) is 0. The molecule has 102 valence electrons. The molecule has 18 heavy (non-hydrogen) atoms. The quantitative estimate of drug-likeness (QED) is 0.346. The van der Waals surface area contributed by atoms with E-state index in [1.807, 2.05) is 0 Å². The second-order valence-electron chi connectivity index (χ2n) is 3.10. The molecule has 0 bridgehead atoms. The lowest BCUT2D eigenvalue weighted by Gasteiger charge is -2.25. The van der Waals surface area contributed by atoms with Crippen molar-refractivity contribution >= 4 is 23.9 Å². The summed E-state index contributed by atoms with van der Waals surface area (Å²) in [5, 5.41) is 21.5. The first kappa shape index (κ1) is 15.9. The van der Waals surface area contributed by atoms with Crippen LogP contribution in [0.25, 0.3) is 0 Å². The maximum absolute atomic E-state index is 11.3. The van der Waals surface area contributed by atoms with Crippen LogP contribution in [-0.2, 0) is 28.7 Å². The Kier molecular flexibility index (Phi) is 6.40. The topological polar surface area (TPSA) is 133 Å². The van der Waals surface area contributed by atoms with E-state index in [0.29, 0.717) is 0 Å². The molecule has 0 rings (SSSR count). The van der Waals surface area contributed by atoms with Crippen molar-refractivity contribution in [2.75, 3.05) is 13.2 Å². The van der Waals surface area contributed by atoms with Gasteiger partial charge in [0.15, 0.2) is 0 Å². The Morgan fingerprint density at radius 1 is 0.833 bits per heavy atom. The Hall–Kier alpha value is -2.12. The van der Waals surface area contributed by atoms with Crippen LogP contribution in [0.1, 0.15) is 13.8 Å². The van der Waals surface area contributed by atoms with Crippen molar-refractivity contribution in [1.29, 1.82) is 0 Å². The molecule has 0 fully saturated rings. The zero-order valence-corrected chi connectivity index (χ0v) is 9.83. The Balaban J connectivity index is 5.24. The smallest absolute Gasteiger partial charge is 0.315 e. The van der Waals surface area contributed by atoms with Crippen molar-refractivity contribution in [2.24, 2.45) is 11.8 Å². The molecule has 0 spiro atoms. The van der Waals surface area contributed by atoms with Gasteiger partial charge in [0, 0.05) is 0 Å². The molecule has 2 atom stereocenters. The first-order chi connectivity index (χ1) is 8.36. The largest absolute Gasteiger partial charge is 0.549 e. The maximum Gasteiger partial charge on any atom is 0.315 e. The van der Waals surface area contributed by atoms with Crippen LogP contribution in [-0.4, -0.2) is 37.1 Å². The average molecular weight is 260 g/mol. The van der Waals surface area contributed by atoms with Crippen molar-refractivity contribution in [1.82, 2.24) is 0 Å². The standard InChI is InChI=1S/C10H14O8/c1-3-17-9(15)5(7(11)12)6(8(13)14)10(16)18-4-2/h5-6H,3-4H2,1-2H3,(H,11,12)(H,13,14)/p-2/t5-,6-/m1/s1. The summed E-state index contributed by atoms with van der Waals surface area (Å²) in [5.74, 6) is -11.5. The minimum Gasteiger partial charge on any atom is -0.549 e. The van der Waals surface area contributed by atoms with Crippen molar-refractivity contribution in [2.45, 2.75) is 13.8 Å². The van der Waals surface area contributed by atoms with Crippen LogP contribution in [0.15, 0.2) is 0 Å². The molecule has 0 N–H and O–H groups in total. The summed E-state index contributed by atoms with van der Waals surface area (Å²) in [6.45, 7) is 2.43. The summed E-state index contributed by atoms with van der Waals surface area (Å²) in [4.78, 5) is 44.1. The Morgan fingerprint density at radius 2 is 1.11 bits per heavy atom. The monoisotopic (exact) mass is 260 g/mol. The molecule has 0 aliphatic carbocycles. The Labute approximate surface area is 102 Å². The number of aliphatic carboxylic acids is 2. The van der Waals surface area contributed by atoms with Crippen molar-refractivity contribution in [3.63, 3.8) is 0 Å². The van der Waals surface area contributed by atoms with Crippen molar-refractivity contribution in [3.8, 4) is 0 Å². The summed E-state index contributed by atoms with van der Waals surface area (Å²) in [6.07, 6.45) is 0. The molecule has 0 saturated carbocycles. The fourth-order valence-corrected chi connectivity index (χ4v) is 1.20. The van der Waals surface area contributed by atoms with Gasteiger partial charge in [-0.3, -0.25) is 9.59 Å². The first-order valence-corrected chi connectivity index (χ1v) is 5.11. The number of carbonyl (C=O) groups excluding carboxylic acids is 4. The highest BCUT2D eigenvalue weighted by molar-refractivity contribution is 6.05. The van der Waals surface area contributed by atoms with Gasteiger partial charge in [-0.25, -0.2) is 0 Å². The van der Waals surface area contributed by atoms with E-state index in [2.05, 4.69) is 9.47 Å². The fraction of sp³-hybridized carbons (Fsp3) is 0.600. The molecule has 0 saturated heterocycles. The molecular weight excluding hydrogens is 248 g/mol. The van der Waals surface area contributed by atoms with Gasteiger partial charge in [0.05, 0.1) is 25.2 Å². The van der Waals surface area contributed by atoms with Gasteiger partial charge in [-0.05, 0) is 13.8 Å². The third kappa shape index (κ3) is 4.04. The highest BCUT2D eigenvalue weighted by atomic mass is 16.5. The summed E-state index contributed by atoms with van der Waals surface area (Å²) < 4.78 is 8.73. The van der Waals surface area contributed by atoms with Gasteiger partial charge in [-0.1, -0.05) is 0 Å². The van der Waals surface area contributed by atoms with E-state index < -0.39 is 35.7 Å². The summed E-state index contributed by atoms with van der Waals surface area (Å²) >= 11 is 0. The highest BCUT2D eigenvalue weighted by Crippen LogP contribution is 2.15. The Morgan fingerprint density at radius 3 is 1.28 bits per heavy atom. The van der Waals surface area contributed by atoms with Crippen LogP contribution in [0, 0.1) is 11.8 Å². The summed E-state index contributed by atoms with van der Waals surface area (Å²) in [6, 6.07) is 0. The van der Waals surface area contributed by atoms with E-state index in [4.69, 9.17) is 0 Å². The third-order valence-electron chi connectivity index (χ3n) is 1.92. The minimum absolute atomic E-state index is 0.175. The molecule has 0 aromatic rings. The van der Waals surface area contributed by atoms with Crippen LogP contribution in [0.2, 0.25) is 0 Å². The molecule has 8 heteroatoms. The molecule has 0 radical (unpaired) electrons. The van der Waals surface area contributed by atoms with Crippen LogP contribution < -0.4 is 10.2 Å². The molecule has 0 aliphatic rings. The second kappa shape index (κ2) is 7.25. The number of rotatable bonds is 7. The number of hydrogen-bond acceptors (Lipinski definition) is 8. The Bertz CT molecular complexity index is 314. The van der Waals surface area contributed by atoms with Gasteiger partial charge in [-0.2, -0.15) is 0 Å². The highest BCUT2D eigenvalue weighted by Gasteiger charge is 2.38. The number of carbonyl (C=O) groups is 4. The van der Waals surface area contributed by atoms with Crippen LogP contribution in [0.3, 0.4) is 0 Å². The molecule has 0 unspecified atom stereocenters. The molecule has 0 aromatic carbocycles. The second-order valence-corrected chi connectivity index (χ2v) is 3.10. The lowest BCUT2D eigenvalue weighted by Crippen LogP contribution is -2.51. The van der Waals surface area contributed by atoms with E-state index in [1.54, 1.807) is 0 Å². The van der Waals surface area contributed by atoms with Gasteiger partial charge < -0.3 is 29.3 Å². The van der Waals surface area contributed by atoms with Gasteiger partial charge >= 0.3 is 11.9 Å². The zero-order valence-electron chi connectivity index (χ0n) is 9.83. The van der Waals surface area contributed by atoms with E-state index in [1.165, 1.54) is 13.8 Å². The van der Waals surface area contributed by atoms with Gasteiger partial charge in [0.2, 0.25) is 0 Å². The first-order valence-electron chi connectivity index (χ1n) is 5.11. The van der Waals surface area contributed by atoms with Crippen LogP contribution in [0.5, 0.6) is 0 Å². The normalized spacial score (nSPS) is 13.2. The zero-order chi connectivity index (χ0) is 14.3. The molecule has 8 nitrogen and oxygen atoms in total. The maximum atomic E-state index is 11.3. The number of hydrogen-bond donors (Lipinski definition) is 0. The van der Waals surface area contributed by atoms with Crippen molar-refractivity contribution < 1.29 is 38.9 Å². The predicted octanol–water partition coefficient (Wildman–Crippen LogP) is -3.16. The molecule has 0 aliphatic heterocycles. The number of carboxylic acid groups (broad SMARTS) is 2. The van der Waals surface area contributed by atoms with E-state index in [0.717, 1.165) is 0 Å². The minimum atomic E-state index is -2.30. The molecular formula is C10H12O8-2. The fourth-order valence-electron chi connectivity index (χ4n) is 1.20. The summed E-state index contributed by atoms with van der Waals surface area (Å²) in [7, 11) is 0. The van der Waals surface area contributed by atoms with Gasteiger partial charge in [0.25, 0.3) is 0 Å². The lowest BCUT2D eigenvalue weighted by molar-refractivity contribution is -0.325. The molecule has 0 amide bonds. The van der Waals surface area contributed by atoms with Crippen LogP contribution in [0.4, 0.5) is 0 Å². The van der Waals surface area contributed by atoms with E-state index in [9.17, 15) is 29.4 Å². The van der Waals surface area contributed by atoms with Crippen LogP contribution >= 0.6 is 0 Å².